The summed E-state index contributed by atoms with van der Waals surface area (Å²) in [7, 11) is -3.82. The molecule has 0 aromatic heterocycles. The molecule has 0 N–H and O–H groups in total. The molecule has 0 amide bonds. The zero-order valence-electron chi connectivity index (χ0n) is 14.8. The highest BCUT2D eigenvalue weighted by Gasteiger charge is 2.29. The van der Waals surface area contributed by atoms with E-state index in [1.807, 2.05) is 30.3 Å². The monoisotopic (exact) mass is 392 g/mol. The Bertz CT molecular complexity index is 911. The van der Waals surface area contributed by atoms with Gasteiger partial charge in [-0.3, -0.25) is 10.1 Å². The van der Waals surface area contributed by atoms with Crippen molar-refractivity contribution in [1.82, 2.24) is 4.31 Å². The Labute approximate surface area is 157 Å². The van der Waals surface area contributed by atoms with E-state index in [-0.39, 0.29) is 29.4 Å². The number of hydrogen-bond donors (Lipinski definition) is 0. The summed E-state index contributed by atoms with van der Waals surface area (Å²) in [6, 6.07) is 13.0. The topological polar surface area (TPSA) is 99.0 Å². The SMILES string of the molecule is C[C@H](Oc1ccc(S(=O)(=O)N2CCOCC2)cc1[N+](=O)[O-])c1ccccc1. The Hall–Kier alpha value is -2.49. The molecule has 0 spiro atoms. The highest BCUT2D eigenvalue weighted by atomic mass is 32.2. The molecule has 1 fully saturated rings. The summed E-state index contributed by atoms with van der Waals surface area (Å²) in [6.45, 7) is 2.82. The minimum absolute atomic E-state index is 0.0253. The summed E-state index contributed by atoms with van der Waals surface area (Å²) in [5.74, 6) is 0.0253. The second kappa shape index (κ2) is 8.03. The van der Waals surface area contributed by atoms with Gasteiger partial charge in [0.15, 0.2) is 5.75 Å². The Morgan fingerprint density at radius 1 is 1.15 bits per heavy atom. The number of sulfonamides is 1. The van der Waals surface area contributed by atoms with E-state index in [2.05, 4.69) is 0 Å². The van der Waals surface area contributed by atoms with Crippen LogP contribution in [0.1, 0.15) is 18.6 Å². The van der Waals surface area contributed by atoms with E-state index in [1.54, 1.807) is 6.92 Å². The van der Waals surface area contributed by atoms with Gasteiger partial charge in [-0.15, -0.1) is 0 Å². The van der Waals surface area contributed by atoms with E-state index in [0.717, 1.165) is 11.6 Å². The number of nitro groups is 1. The van der Waals surface area contributed by atoms with Crippen molar-refractivity contribution in [2.24, 2.45) is 0 Å². The summed E-state index contributed by atoms with van der Waals surface area (Å²) in [5, 5.41) is 11.5. The Morgan fingerprint density at radius 3 is 2.44 bits per heavy atom. The molecule has 0 unspecified atom stereocenters. The first kappa shape index (κ1) is 19.3. The van der Waals surface area contributed by atoms with Crippen LogP contribution in [-0.4, -0.2) is 43.9 Å². The quantitative estimate of drug-likeness (QED) is 0.554. The third-order valence-corrected chi connectivity index (χ3v) is 6.20. The minimum Gasteiger partial charge on any atom is -0.479 e. The average Bonchev–Trinajstić information content (AvgIpc) is 2.69. The zero-order valence-corrected chi connectivity index (χ0v) is 15.6. The highest BCUT2D eigenvalue weighted by Crippen LogP contribution is 2.34. The van der Waals surface area contributed by atoms with Crippen LogP contribution in [0.4, 0.5) is 5.69 Å². The lowest BCUT2D eigenvalue weighted by molar-refractivity contribution is -0.386. The van der Waals surface area contributed by atoms with Crippen molar-refractivity contribution >= 4 is 15.7 Å². The lowest BCUT2D eigenvalue weighted by Crippen LogP contribution is -2.40. The van der Waals surface area contributed by atoms with E-state index in [1.165, 1.54) is 16.4 Å². The van der Waals surface area contributed by atoms with Gasteiger partial charge in [0.2, 0.25) is 10.0 Å². The van der Waals surface area contributed by atoms with Crippen LogP contribution in [0, 0.1) is 10.1 Å². The lowest BCUT2D eigenvalue weighted by atomic mass is 10.1. The van der Waals surface area contributed by atoms with E-state index in [9.17, 15) is 18.5 Å². The van der Waals surface area contributed by atoms with Gasteiger partial charge in [-0.05, 0) is 24.6 Å². The largest absolute Gasteiger partial charge is 0.479 e. The minimum atomic E-state index is -3.82. The van der Waals surface area contributed by atoms with Crippen LogP contribution in [0.15, 0.2) is 53.4 Å². The Morgan fingerprint density at radius 2 is 1.81 bits per heavy atom. The molecule has 3 rings (SSSR count). The fourth-order valence-corrected chi connectivity index (χ4v) is 4.25. The van der Waals surface area contributed by atoms with Gasteiger partial charge in [0.1, 0.15) is 6.10 Å². The predicted octanol–water partition coefficient (Wildman–Crippen LogP) is 2.76. The molecule has 9 heteroatoms. The molecule has 1 heterocycles. The van der Waals surface area contributed by atoms with Crippen molar-refractivity contribution in [2.75, 3.05) is 26.3 Å². The highest BCUT2D eigenvalue weighted by molar-refractivity contribution is 7.89. The van der Waals surface area contributed by atoms with Crippen LogP contribution in [0.2, 0.25) is 0 Å². The molecule has 1 aliphatic heterocycles. The molecule has 8 nitrogen and oxygen atoms in total. The Balaban J connectivity index is 1.90. The number of rotatable bonds is 6. The van der Waals surface area contributed by atoms with Crippen LogP contribution < -0.4 is 4.74 Å². The third-order valence-electron chi connectivity index (χ3n) is 4.31. The van der Waals surface area contributed by atoms with Crippen molar-refractivity contribution in [3.63, 3.8) is 0 Å². The van der Waals surface area contributed by atoms with Crippen LogP contribution in [0.25, 0.3) is 0 Å². The molecule has 1 aliphatic rings. The predicted molar refractivity (Wildman–Crippen MR) is 98.2 cm³/mol. The molecule has 0 aliphatic carbocycles. The van der Waals surface area contributed by atoms with E-state index >= 15 is 0 Å². The maximum Gasteiger partial charge on any atom is 0.312 e. The number of nitro benzene ring substituents is 1. The Kier molecular flexibility index (Phi) is 5.73. The zero-order chi connectivity index (χ0) is 19.4. The second-order valence-electron chi connectivity index (χ2n) is 6.07. The van der Waals surface area contributed by atoms with Crippen molar-refractivity contribution in [3.05, 3.63) is 64.2 Å². The molecule has 1 saturated heterocycles. The summed E-state index contributed by atoms with van der Waals surface area (Å²) < 4.78 is 37.6. The normalized spacial score (nSPS) is 16.6. The second-order valence-corrected chi connectivity index (χ2v) is 8.01. The maximum atomic E-state index is 12.7. The summed E-state index contributed by atoms with van der Waals surface area (Å²) in [4.78, 5) is 10.7. The molecule has 0 bridgehead atoms. The van der Waals surface area contributed by atoms with Gasteiger partial charge in [0.05, 0.1) is 23.0 Å². The smallest absolute Gasteiger partial charge is 0.312 e. The number of benzene rings is 2. The molecule has 2 aromatic carbocycles. The van der Waals surface area contributed by atoms with Gasteiger partial charge in [0, 0.05) is 19.2 Å². The van der Waals surface area contributed by atoms with Crippen molar-refractivity contribution in [1.29, 1.82) is 0 Å². The van der Waals surface area contributed by atoms with Crippen molar-refractivity contribution in [3.8, 4) is 5.75 Å². The average molecular weight is 392 g/mol. The van der Waals surface area contributed by atoms with E-state index in [0.29, 0.717) is 13.2 Å². The van der Waals surface area contributed by atoms with Gasteiger partial charge < -0.3 is 9.47 Å². The number of morpholine rings is 1. The van der Waals surface area contributed by atoms with Crippen LogP contribution >= 0.6 is 0 Å². The first-order valence-corrected chi connectivity index (χ1v) is 9.91. The van der Waals surface area contributed by atoms with Gasteiger partial charge in [-0.2, -0.15) is 4.31 Å². The summed E-state index contributed by atoms with van der Waals surface area (Å²) >= 11 is 0. The van der Waals surface area contributed by atoms with Crippen LogP contribution in [0.5, 0.6) is 5.75 Å². The molecule has 144 valence electrons. The molecule has 0 saturated carbocycles. The van der Waals surface area contributed by atoms with Crippen molar-refractivity contribution < 1.29 is 22.8 Å². The summed E-state index contributed by atoms with van der Waals surface area (Å²) in [6.07, 6.45) is -0.424. The summed E-state index contributed by atoms with van der Waals surface area (Å²) in [5.41, 5.74) is 0.476. The standard InChI is InChI=1S/C18H20N2O6S/c1-14(15-5-3-2-4-6-15)26-18-8-7-16(13-17(18)20(21)22)27(23,24)19-9-11-25-12-10-19/h2-8,13-14H,9-12H2,1H3/t14-/m0/s1. The molecule has 0 radical (unpaired) electrons. The van der Waals surface area contributed by atoms with Crippen molar-refractivity contribution in [2.45, 2.75) is 17.9 Å². The van der Waals surface area contributed by atoms with E-state index in [4.69, 9.17) is 9.47 Å². The fraction of sp³-hybridized carbons (Fsp3) is 0.333. The van der Waals surface area contributed by atoms with Gasteiger partial charge in [-0.1, -0.05) is 30.3 Å². The number of hydrogen-bond acceptors (Lipinski definition) is 6. The van der Waals surface area contributed by atoms with E-state index < -0.39 is 21.1 Å². The molecular weight excluding hydrogens is 372 g/mol. The number of ether oxygens (including phenoxy) is 2. The maximum absolute atomic E-state index is 12.7. The fourth-order valence-electron chi connectivity index (χ4n) is 2.82. The number of nitrogens with zero attached hydrogens (tertiary/aromatic N) is 2. The van der Waals surface area contributed by atoms with Gasteiger partial charge in [0.25, 0.3) is 0 Å². The molecule has 1 atom stereocenters. The van der Waals surface area contributed by atoms with Crippen LogP contribution in [0.3, 0.4) is 0 Å². The molecule has 2 aromatic rings. The lowest BCUT2D eigenvalue weighted by Gasteiger charge is -2.26. The van der Waals surface area contributed by atoms with Gasteiger partial charge >= 0.3 is 5.69 Å². The van der Waals surface area contributed by atoms with Crippen LogP contribution in [-0.2, 0) is 14.8 Å². The molecular formula is C18H20N2O6S. The third kappa shape index (κ3) is 4.26. The van der Waals surface area contributed by atoms with Gasteiger partial charge in [-0.25, -0.2) is 8.42 Å². The first-order chi connectivity index (χ1) is 12.9. The first-order valence-electron chi connectivity index (χ1n) is 8.47. The molecule has 27 heavy (non-hydrogen) atoms.